The first-order valence-corrected chi connectivity index (χ1v) is 13.1. The molecule has 1 aromatic carbocycles. The van der Waals surface area contributed by atoms with Crippen LogP contribution in [0.15, 0.2) is 32.8 Å². The van der Waals surface area contributed by atoms with E-state index in [1.165, 1.54) is 6.21 Å². The van der Waals surface area contributed by atoms with Crippen LogP contribution in [0.5, 0.6) is 5.88 Å². The number of barbiturate groups is 1. The third-order valence-corrected chi connectivity index (χ3v) is 7.87. The van der Waals surface area contributed by atoms with Crippen molar-refractivity contribution in [2.45, 2.75) is 45.7 Å². The summed E-state index contributed by atoms with van der Waals surface area (Å²) in [5, 5.41) is 15.2. The number of fused-ring (bicyclic) bond motifs is 4. The van der Waals surface area contributed by atoms with Crippen molar-refractivity contribution in [2.24, 2.45) is 10.4 Å². The average Bonchev–Trinajstić information content (AvgIpc) is 2.90. The molecule has 2 fully saturated rings. The van der Waals surface area contributed by atoms with Gasteiger partial charge in [-0.05, 0) is 43.1 Å². The quantitative estimate of drug-likeness (QED) is 0.299. The molecular weight excluding hydrogens is 506 g/mol. The summed E-state index contributed by atoms with van der Waals surface area (Å²) in [6.45, 7) is 6.81. The van der Waals surface area contributed by atoms with Gasteiger partial charge in [0.1, 0.15) is 5.56 Å². The van der Waals surface area contributed by atoms with Crippen LogP contribution in [0.25, 0.3) is 0 Å². The highest BCUT2D eigenvalue weighted by atomic mass is 16.3. The van der Waals surface area contributed by atoms with Crippen molar-refractivity contribution < 1.29 is 19.5 Å². The lowest BCUT2D eigenvalue weighted by atomic mass is 9.68. The number of aromatic amines is 1. The molecule has 2 saturated heterocycles. The predicted octanol–water partition coefficient (Wildman–Crippen LogP) is 0.212. The van der Waals surface area contributed by atoms with Gasteiger partial charge in [-0.3, -0.25) is 44.5 Å². The topological polar surface area (TPSA) is 169 Å². The zero-order valence-corrected chi connectivity index (χ0v) is 21.8. The third-order valence-electron chi connectivity index (χ3n) is 7.87. The van der Waals surface area contributed by atoms with E-state index in [-0.39, 0.29) is 18.5 Å². The van der Waals surface area contributed by atoms with Gasteiger partial charge in [0.2, 0.25) is 17.7 Å². The van der Waals surface area contributed by atoms with Gasteiger partial charge in [-0.25, -0.2) is 9.59 Å². The first-order chi connectivity index (χ1) is 18.7. The molecule has 0 radical (unpaired) electrons. The van der Waals surface area contributed by atoms with E-state index in [0.29, 0.717) is 30.8 Å². The summed E-state index contributed by atoms with van der Waals surface area (Å²) >= 11 is 0. The molecule has 2 aromatic rings. The molecule has 0 unspecified atom stereocenters. The molecule has 0 saturated carbocycles. The van der Waals surface area contributed by atoms with Crippen LogP contribution in [-0.4, -0.2) is 75.8 Å². The van der Waals surface area contributed by atoms with Gasteiger partial charge in [-0.15, -0.1) is 0 Å². The number of aromatic hydroxyl groups is 1. The Morgan fingerprint density at radius 2 is 1.85 bits per heavy atom. The van der Waals surface area contributed by atoms with E-state index in [0.717, 1.165) is 29.8 Å². The van der Waals surface area contributed by atoms with Gasteiger partial charge in [0.15, 0.2) is 5.41 Å². The predicted molar refractivity (Wildman–Crippen MR) is 143 cm³/mol. The molecule has 13 heteroatoms. The van der Waals surface area contributed by atoms with Crippen molar-refractivity contribution in [1.82, 2.24) is 25.1 Å². The van der Waals surface area contributed by atoms with Crippen LogP contribution < -0.4 is 26.8 Å². The van der Waals surface area contributed by atoms with Crippen LogP contribution in [0.2, 0.25) is 0 Å². The SMILES string of the molecule is CCCCn1c(O)c(C=Nc2ccc3c(c2)CC2(C(=O)NC(=O)NC2=O)[C@H]2CN(CC)CCN32)c(=O)[nH]c1=O. The number of nitrogens with zero attached hydrogens (tertiary/aromatic N) is 4. The maximum atomic E-state index is 13.3. The number of benzene rings is 1. The number of rotatable bonds is 6. The van der Waals surface area contributed by atoms with E-state index in [2.05, 4.69) is 25.5 Å². The minimum atomic E-state index is -1.51. The number of aliphatic imine (C=N–C) groups is 1. The molecule has 39 heavy (non-hydrogen) atoms. The van der Waals surface area contributed by atoms with E-state index < -0.39 is 46.4 Å². The van der Waals surface area contributed by atoms with Crippen LogP contribution in [0.1, 0.15) is 37.8 Å². The standard InChI is InChI=1S/C26H31N7O6/c1-3-5-8-33-21(35)17(20(34)28-25(33)39)13-27-16-6-7-18-15(11-16)12-26(22(36)29-24(38)30-23(26)37)19-14-31(4-2)9-10-32(18)19/h6-7,11,13,19,35H,3-5,8-10,12,14H2,1-2H3,(H,28,34,39)(H2,29,30,36,37,38)/t19-/m1/s1. The number of unbranched alkanes of at least 4 members (excludes halogenated alkanes) is 1. The number of nitrogens with one attached hydrogen (secondary N) is 3. The molecule has 1 spiro atoms. The Morgan fingerprint density at radius 3 is 2.54 bits per heavy atom. The number of carbonyl (C=O) groups is 3. The Hall–Kier alpha value is -4.26. The average molecular weight is 538 g/mol. The van der Waals surface area contributed by atoms with Gasteiger partial charge in [0, 0.05) is 38.1 Å². The number of imide groups is 2. The van der Waals surface area contributed by atoms with Crippen LogP contribution in [0.3, 0.4) is 0 Å². The fourth-order valence-corrected chi connectivity index (χ4v) is 5.71. The van der Waals surface area contributed by atoms with Crippen molar-refractivity contribution in [3.05, 3.63) is 50.2 Å². The Labute approximate surface area is 223 Å². The highest BCUT2D eigenvalue weighted by Crippen LogP contribution is 2.45. The van der Waals surface area contributed by atoms with E-state index in [4.69, 9.17) is 0 Å². The second-order valence-corrected chi connectivity index (χ2v) is 10.1. The molecule has 4 N–H and O–H groups in total. The Kier molecular flexibility index (Phi) is 6.85. The lowest BCUT2D eigenvalue weighted by Crippen LogP contribution is -2.74. The van der Waals surface area contributed by atoms with E-state index in [1.807, 2.05) is 24.8 Å². The zero-order chi connectivity index (χ0) is 27.9. The third kappa shape index (κ3) is 4.42. The number of amides is 4. The molecule has 1 atom stereocenters. The second-order valence-electron chi connectivity index (χ2n) is 10.1. The van der Waals surface area contributed by atoms with Crippen LogP contribution in [0, 0.1) is 5.41 Å². The summed E-state index contributed by atoms with van der Waals surface area (Å²) in [6.07, 6.45) is 2.69. The van der Waals surface area contributed by atoms with E-state index in [9.17, 15) is 29.1 Å². The highest BCUT2D eigenvalue weighted by molar-refractivity contribution is 6.20. The number of anilines is 1. The monoisotopic (exact) mass is 537 g/mol. The van der Waals surface area contributed by atoms with Crippen molar-refractivity contribution in [3.63, 3.8) is 0 Å². The lowest BCUT2D eigenvalue weighted by molar-refractivity contribution is -0.147. The summed E-state index contributed by atoms with van der Waals surface area (Å²) in [6, 6.07) is 4.03. The largest absolute Gasteiger partial charge is 0.494 e. The maximum Gasteiger partial charge on any atom is 0.331 e. The number of carbonyl (C=O) groups excluding carboxylic acids is 3. The number of likely N-dealkylation sites (N-methyl/N-ethyl adjacent to an activating group) is 1. The molecule has 4 heterocycles. The van der Waals surface area contributed by atoms with Crippen molar-refractivity contribution in [1.29, 1.82) is 0 Å². The Morgan fingerprint density at radius 1 is 1.10 bits per heavy atom. The number of piperazine rings is 1. The maximum absolute atomic E-state index is 13.3. The van der Waals surface area contributed by atoms with Gasteiger partial charge in [0.25, 0.3) is 5.56 Å². The van der Waals surface area contributed by atoms with E-state index >= 15 is 0 Å². The Balaban J connectivity index is 1.53. The first kappa shape index (κ1) is 26.4. The molecule has 206 valence electrons. The van der Waals surface area contributed by atoms with Crippen molar-refractivity contribution in [2.75, 3.05) is 31.1 Å². The van der Waals surface area contributed by atoms with Gasteiger partial charge in [-0.2, -0.15) is 0 Å². The van der Waals surface area contributed by atoms with Crippen molar-refractivity contribution in [3.8, 4) is 5.88 Å². The van der Waals surface area contributed by atoms with Crippen molar-refractivity contribution >= 4 is 35.4 Å². The van der Waals surface area contributed by atoms with Crippen LogP contribution in [-0.2, 0) is 22.6 Å². The smallest absolute Gasteiger partial charge is 0.331 e. The number of hydrogen-bond donors (Lipinski definition) is 4. The fraction of sp³-hybridized carbons (Fsp3) is 0.462. The molecule has 1 aromatic heterocycles. The summed E-state index contributed by atoms with van der Waals surface area (Å²) < 4.78 is 1.10. The van der Waals surface area contributed by atoms with Gasteiger partial charge in [-0.1, -0.05) is 20.3 Å². The highest BCUT2D eigenvalue weighted by Gasteiger charge is 2.60. The van der Waals surface area contributed by atoms with Gasteiger partial charge < -0.3 is 10.0 Å². The van der Waals surface area contributed by atoms with E-state index in [1.54, 1.807) is 12.1 Å². The molecule has 4 amide bonds. The normalized spacial score (nSPS) is 20.6. The minimum absolute atomic E-state index is 0.0586. The molecule has 3 aliphatic heterocycles. The van der Waals surface area contributed by atoms with Gasteiger partial charge in [0.05, 0.1) is 11.7 Å². The molecular formula is C26H31N7O6. The summed E-state index contributed by atoms with van der Waals surface area (Å²) in [5.41, 5.74) is -1.14. The number of aromatic nitrogens is 2. The fourth-order valence-electron chi connectivity index (χ4n) is 5.71. The molecule has 13 nitrogen and oxygen atoms in total. The summed E-state index contributed by atoms with van der Waals surface area (Å²) in [4.78, 5) is 73.8. The number of urea groups is 1. The number of H-pyrrole nitrogens is 1. The first-order valence-electron chi connectivity index (χ1n) is 13.1. The zero-order valence-electron chi connectivity index (χ0n) is 21.8. The molecule has 0 aliphatic carbocycles. The second kappa shape index (κ2) is 10.1. The summed E-state index contributed by atoms with van der Waals surface area (Å²) in [7, 11) is 0. The molecule has 5 rings (SSSR count). The summed E-state index contributed by atoms with van der Waals surface area (Å²) in [5.74, 6) is -1.72. The molecule has 3 aliphatic rings. The lowest BCUT2D eigenvalue weighted by Gasteiger charge is -2.54. The minimum Gasteiger partial charge on any atom is -0.494 e. The Bertz CT molecular complexity index is 1470. The molecule has 0 bridgehead atoms. The van der Waals surface area contributed by atoms with Crippen LogP contribution in [0.4, 0.5) is 16.2 Å². The number of hydrogen-bond acceptors (Lipinski definition) is 9. The van der Waals surface area contributed by atoms with Crippen LogP contribution >= 0.6 is 0 Å². The van der Waals surface area contributed by atoms with Gasteiger partial charge >= 0.3 is 11.7 Å².